The molecule has 0 amide bonds. The molecule has 1 saturated heterocycles. The molecule has 1 fully saturated rings. The second-order valence-electron chi connectivity index (χ2n) is 3.63. The quantitative estimate of drug-likeness (QED) is 0.517. The van der Waals surface area contributed by atoms with Crippen molar-refractivity contribution in [1.82, 2.24) is 10.2 Å². The molecule has 0 aromatic carbocycles. The number of hydrogen-bond acceptors (Lipinski definition) is 3. The normalized spacial score (nSPS) is 24.3. The highest BCUT2D eigenvalue weighted by Crippen LogP contribution is 2.01. The van der Waals surface area contributed by atoms with Crippen LogP contribution in [-0.2, 0) is 0 Å². The summed E-state index contributed by atoms with van der Waals surface area (Å²) in [6.07, 6.45) is 4.86. The van der Waals surface area contributed by atoms with E-state index in [1.54, 1.807) is 6.21 Å². The summed E-state index contributed by atoms with van der Waals surface area (Å²) in [5, 5.41) is 10.2. The molecular formula is C10H18N4. The molecule has 0 saturated carbocycles. The fourth-order valence-electron chi connectivity index (χ4n) is 1.56. The smallest absolute Gasteiger partial charge is 0.106 e. The molecule has 1 rings (SSSR count). The van der Waals surface area contributed by atoms with Crippen molar-refractivity contribution in [2.75, 3.05) is 19.6 Å². The van der Waals surface area contributed by atoms with Crippen LogP contribution in [0.4, 0.5) is 0 Å². The summed E-state index contributed by atoms with van der Waals surface area (Å²) in [5.74, 6) is 0. The average Bonchev–Trinajstić information content (AvgIpc) is 2.15. The standard InChI is InChI=1S/C10H18N4/c1-9(5-12-8-11)6-14-4-3-13-10(2)7-14/h5-6,8,10-11,13H,3-4,7H2,1-2H3/b9-6+,11-8?,12-5?. The topological polar surface area (TPSA) is 51.5 Å². The summed E-state index contributed by atoms with van der Waals surface area (Å²) < 4.78 is 0. The van der Waals surface area contributed by atoms with Crippen LogP contribution < -0.4 is 5.32 Å². The summed E-state index contributed by atoms with van der Waals surface area (Å²) in [6.45, 7) is 7.29. The zero-order chi connectivity index (χ0) is 10.4. The summed E-state index contributed by atoms with van der Waals surface area (Å²) in [5.41, 5.74) is 1.09. The second-order valence-corrected chi connectivity index (χ2v) is 3.63. The lowest BCUT2D eigenvalue weighted by Gasteiger charge is -2.31. The van der Waals surface area contributed by atoms with Crippen molar-refractivity contribution < 1.29 is 0 Å². The highest BCUT2D eigenvalue weighted by molar-refractivity contribution is 5.83. The Kier molecular flexibility index (Phi) is 4.32. The van der Waals surface area contributed by atoms with Crippen molar-refractivity contribution in [3.05, 3.63) is 11.8 Å². The van der Waals surface area contributed by atoms with Crippen LogP contribution >= 0.6 is 0 Å². The molecule has 1 aliphatic heterocycles. The number of piperazine rings is 1. The Hall–Kier alpha value is -1.16. The van der Waals surface area contributed by atoms with Gasteiger partial charge in [-0.3, -0.25) is 5.41 Å². The molecule has 4 heteroatoms. The van der Waals surface area contributed by atoms with E-state index in [2.05, 4.69) is 28.3 Å². The van der Waals surface area contributed by atoms with Crippen molar-refractivity contribution in [3.63, 3.8) is 0 Å². The minimum Gasteiger partial charge on any atom is -0.374 e. The molecule has 0 spiro atoms. The Balaban J connectivity index is 2.48. The van der Waals surface area contributed by atoms with E-state index in [0.717, 1.165) is 31.5 Å². The molecule has 1 atom stereocenters. The molecular weight excluding hydrogens is 176 g/mol. The maximum absolute atomic E-state index is 6.77. The zero-order valence-corrected chi connectivity index (χ0v) is 8.83. The SMILES string of the molecule is C/C(C=NC=N)=C\N1CCNC(C)C1. The molecule has 0 radical (unpaired) electrons. The highest BCUT2D eigenvalue weighted by atomic mass is 15.2. The van der Waals surface area contributed by atoms with Gasteiger partial charge < -0.3 is 10.2 Å². The molecule has 0 aliphatic carbocycles. The average molecular weight is 194 g/mol. The predicted molar refractivity (Wildman–Crippen MR) is 60.1 cm³/mol. The van der Waals surface area contributed by atoms with E-state index in [0.29, 0.717) is 6.04 Å². The Labute approximate surface area is 85.2 Å². The first-order chi connectivity index (χ1) is 6.72. The van der Waals surface area contributed by atoms with E-state index in [-0.39, 0.29) is 0 Å². The Morgan fingerprint density at radius 1 is 1.64 bits per heavy atom. The lowest BCUT2D eigenvalue weighted by Crippen LogP contribution is -2.47. The number of nitrogens with one attached hydrogen (secondary N) is 2. The number of hydrogen-bond donors (Lipinski definition) is 2. The fourth-order valence-corrected chi connectivity index (χ4v) is 1.56. The summed E-state index contributed by atoms with van der Waals surface area (Å²) in [7, 11) is 0. The van der Waals surface area contributed by atoms with Gasteiger partial charge in [0.25, 0.3) is 0 Å². The third-order valence-corrected chi connectivity index (χ3v) is 2.14. The van der Waals surface area contributed by atoms with Gasteiger partial charge in [0.15, 0.2) is 0 Å². The predicted octanol–water partition coefficient (Wildman–Crippen LogP) is 0.862. The van der Waals surface area contributed by atoms with Crippen LogP contribution in [0, 0.1) is 5.41 Å². The number of nitrogens with zero attached hydrogens (tertiary/aromatic N) is 2. The van der Waals surface area contributed by atoms with Crippen LogP contribution in [0.2, 0.25) is 0 Å². The molecule has 4 nitrogen and oxygen atoms in total. The van der Waals surface area contributed by atoms with Gasteiger partial charge in [-0.05, 0) is 19.4 Å². The minimum atomic E-state index is 0.549. The van der Waals surface area contributed by atoms with Crippen LogP contribution in [-0.4, -0.2) is 43.1 Å². The molecule has 0 aromatic heterocycles. The second kappa shape index (κ2) is 5.54. The van der Waals surface area contributed by atoms with E-state index < -0.39 is 0 Å². The van der Waals surface area contributed by atoms with Gasteiger partial charge in [-0.25, -0.2) is 4.99 Å². The third kappa shape index (κ3) is 3.70. The van der Waals surface area contributed by atoms with Crippen LogP contribution in [0.3, 0.4) is 0 Å². The van der Waals surface area contributed by atoms with E-state index in [9.17, 15) is 0 Å². The maximum atomic E-state index is 6.77. The molecule has 0 bridgehead atoms. The number of rotatable bonds is 3. The monoisotopic (exact) mass is 194 g/mol. The molecule has 1 unspecified atom stereocenters. The van der Waals surface area contributed by atoms with Gasteiger partial charge in [0.1, 0.15) is 6.34 Å². The van der Waals surface area contributed by atoms with Crippen molar-refractivity contribution in [2.45, 2.75) is 19.9 Å². The van der Waals surface area contributed by atoms with Crippen molar-refractivity contribution >= 4 is 12.6 Å². The Bertz CT molecular complexity index is 245. The third-order valence-electron chi connectivity index (χ3n) is 2.14. The van der Waals surface area contributed by atoms with Gasteiger partial charge in [-0.15, -0.1) is 0 Å². The van der Waals surface area contributed by atoms with Crippen LogP contribution in [0.5, 0.6) is 0 Å². The van der Waals surface area contributed by atoms with Gasteiger partial charge in [0.2, 0.25) is 0 Å². The van der Waals surface area contributed by atoms with Crippen LogP contribution in [0.1, 0.15) is 13.8 Å². The number of allylic oxidation sites excluding steroid dienone is 1. The first kappa shape index (κ1) is 10.9. The van der Waals surface area contributed by atoms with Crippen molar-refractivity contribution in [3.8, 4) is 0 Å². The Morgan fingerprint density at radius 3 is 3.07 bits per heavy atom. The summed E-state index contributed by atoms with van der Waals surface area (Å²) in [4.78, 5) is 6.05. The zero-order valence-electron chi connectivity index (χ0n) is 8.83. The van der Waals surface area contributed by atoms with E-state index in [4.69, 9.17) is 5.41 Å². The molecule has 2 N–H and O–H groups in total. The van der Waals surface area contributed by atoms with E-state index in [1.807, 2.05) is 6.92 Å². The molecule has 78 valence electrons. The molecule has 0 aromatic rings. The van der Waals surface area contributed by atoms with E-state index in [1.165, 1.54) is 0 Å². The van der Waals surface area contributed by atoms with Gasteiger partial charge in [-0.1, -0.05) is 0 Å². The largest absolute Gasteiger partial charge is 0.374 e. The van der Waals surface area contributed by atoms with Gasteiger partial charge in [0, 0.05) is 38.1 Å². The lowest BCUT2D eigenvalue weighted by molar-refractivity contribution is 0.275. The van der Waals surface area contributed by atoms with Gasteiger partial charge in [0.05, 0.1) is 0 Å². The fraction of sp³-hybridized carbons (Fsp3) is 0.600. The molecule has 1 aliphatic rings. The Morgan fingerprint density at radius 2 is 2.43 bits per heavy atom. The van der Waals surface area contributed by atoms with Crippen LogP contribution in [0.25, 0.3) is 0 Å². The van der Waals surface area contributed by atoms with Crippen molar-refractivity contribution in [1.29, 1.82) is 5.41 Å². The van der Waals surface area contributed by atoms with Gasteiger partial charge >= 0.3 is 0 Å². The van der Waals surface area contributed by atoms with Gasteiger partial charge in [-0.2, -0.15) is 0 Å². The number of aliphatic imine (C=N–C) groups is 1. The summed E-state index contributed by atoms with van der Waals surface area (Å²) >= 11 is 0. The van der Waals surface area contributed by atoms with E-state index >= 15 is 0 Å². The first-order valence-electron chi connectivity index (χ1n) is 4.90. The first-order valence-corrected chi connectivity index (χ1v) is 4.90. The summed E-state index contributed by atoms with van der Waals surface area (Å²) in [6, 6.07) is 0.549. The molecule has 14 heavy (non-hydrogen) atoms. The highest BCUT2D eigenvalue weighted by Gasteiger charge is 2.11. The van der Waals surface area contributed by atoms with Crippen LogP contribution in [0.15, 0.2) is 16.8 Å². The minimum absolute atomic E-state index is 0.549. The van der Waals surface area contributed by atoms with Crippen molar-refractivity contribution in [2.24, 2.45) is 4.99 Å². The maximum Gasteiger partial charge on any atom is 0.106 e. The lowest BCUT2D eigenvalue weighted by atomic mass is 10.2. The molecule has 1 heterocycles.